The molecule has 0 radical (unpaired) electrons. The third-order valence-corrected chi connectivity index (χ3v) is 7.18. The molecular weight excluding hydrogens is 547 g/mol. The SMILES string of the molecule is Nc1cccc(S(=O)(=O)Nc2cc(C(O)CNCCOc3ccc4c(C(F)(F)F)[nH]nc4c3)ccc2Cl)c1. The fourth-order valence-electron chi connectivity index (χ4n) is 3.61. The predicted octanol–water partition coefficient (Wildman–Crippen LogP) is 4.32. The van der Waals surface area contributed by atoms with Crippen LogP contribution in [-0.4, -0.2) is 43.4 Å². The van der Waals surface area contributed by atoms with Crippen molar-refractivity contribution in [1.29, 1.82) is 0 Å². The van der Waals surface area contributed by atoms with E-state index in [-0.39, 0.29) is 45.3 Å². The summed E-state index contributed by atoms with van der Waals surface area (Å²) in [5.41, 5.74) is 5.68. The number of aliphatic hydroxyl groups excluding tert-OH is 1. The number of nitrogens with one attached hydrogen (secondary N) is 3. The third-order valence-electron chi connectivity index (χ3n) is 5.48. The molecule has 0 aliphatic rings. The standard InChI is InChI=1S/C24H23ClF3N5O4S/c25-19-7-4-14(10-21(19)33-38(35,36)17-3-1-2-15(29)11-17)22(34)13-30-8-9-37-16-5-6-18-20(12-16)31-32-23(18)24(26,27)28/h1-7,10-12,22,30,33-34H,8-9,13,29H2,(H,31,32). The van der Waals surface area contributed by atoms with E-state index in [0.29, 0.717) is 17.9 Å². The number of nitrogens with zero attached hydrogens (tertiary/aromatic N) is 1. The van der Waals surface area contributed by atoms with Crippen molar-refractivity contribution in [2.45, 2.75) is 17.2 Å². The summed E-state index contributed by atoms with van der Waals surface area (Å²) >= 11 is 6.16. The van der Waals surface area contributed by atoms with E-state index < -0.39 is 28.0 Å². The number of halogens is 4. The Kier molecular flexibility index (Phi) is 8.02. The first-order chi connectivity index (χ1) is 17.9. The van der Waals surface area contributed by atoms with Crippen LogP contribution in [0.25, 0.3) is 10.9 Å². The van der Waals surface area contributed by atoms with E-state index in [9.17, 15) is 26.7 Å². The van der Waals surface area contributed by atoms with Crippen LogP contribution < -0.4 is 20.5 Å². The molecule has 1 aromatic heterocycles. The monoisotopic (exact) mass is 569 g/mol. The Labute approximate surface area is 220 Å². The lowest BCUT2D eigenvalue weighted by Crippen LogP contribution is -2.26. The van der Waals surface area contributed by atoms with Crippen LogP contribution in [0, 0.1) is 0 Å². The van der Waals surface area contributed by atoms with Crippen molar-refractivity contribution < 1.29 is 31.4 Å². The number of hydrogen-bond acceptors (Lipinski definition) is 7. The van der Waals surface area contributed by atoms with Gasteiger partial charge >= 0.3 is 6.18 Å². The minimum Gasteiger partial charge on any atom is -0.492 e. The zero-order valence-electron chi connectivity index (χ0n) is 19.6. The molecule has 0 aliphatic heterocycles. The smallest absolute Gasteiger partial charge is 0.433 e. The molecule has 1 heterocycles. The molecule has 0 bridgehead atoms. The summed E-state index contributed by atoms with van der Waals surface area (Å²) in [7, 11) is -3.96. The van der Waals surface area contributed by atoms with Crippen molar-refractivity contribution in [3.8, 4) is 5.75 Å². The number of aliphatic hydroxyl groups is 1. The normalized spacial score (nSPS) is 13.0. The molecule has 4 rings (SSSR count). The number of rotatable bonds is 10. The molecule has 4 aromatic rings. The van der Waals surface area contributed by atoms with E-state index in [1.807, 2.05) is 5.10 Å². The Morgan fingerprint density at radius 3 is 2.66 bits per heavy atom. The van der Waals surface area contributed by atoms with Crippen LogP contribution in [-0.2, 0) is 16.2 Å². The molecular formula is C24H23ClF3N5O4S. The number of hydrogen-bond donors (Lipinski definition) is 5. The number of aromatic nitrogens is 2. The summed E-state index contributed by atoms with van der Waals surface area (Å²) in [5.74, 6) is 0.342. The first kappa shape index (κ1) is 27.5. The maximum atomic E-state index is 13.0. The lowest BCUT2D eigenvalue weighted by molar-refractivity contribution is -0.139. The molecule has 0 aliphatic carbocycles. The highest BCUT2D eigenvalue weighted by molar-refractivity contribution is 7.92. The van der Waals surface area contributed by atoms with Crippen molar-refractivity contribution in [3.05, 3.63) is 76.9 Å². The molecule has 0 spiro atoms. The van der Waals surface area contributed by atoms with Crippen LogP contribution in [0.2, 0.25) is 5.02 Å². The second-order valence-electron chi connectivity index (χ2n) is 8.26. The van der Waals surface area contributed by atoms with Gasteiger partial charge in [0.05, 0.1) is 27.2 Å². The molecule has 3 aromatic carbocycles. The topological polar surface area (TPSA) is 142 Å². The number of benzene rings is 3. The molecule has 0 fully saturated rings. The zero-order chi connectivity index (χ0) is 27.5. The first-order valence-corrected chi connectivity index (χ1v) is 13.0. The van der Waals surface area contributed by atoms with Gasteiger partial charge in [0.15, 0.2) is 0 Å². The van der Waals surface area contributed by atoms with Gasteiger partial charge in [-0.1, -0.05) is 23.7 Å². The zero-order valence-corrected chi connectivity index (χ0v) is 21.2. The van der Waals surface area contributed by atoms with Gasteiger partial charge in [0, 0.05) is 30.2 Å². The van der Waals surface area contributed by atoms with Gasteiger partial charge in [-0.3, -0.25) is 9.82 Å². The minimum atomic E-state index is -4.53. The largest absolute Gasteiger partial charge is 0.492 e. The number of fused-ring (bicyclic) bond motifs is 1. The van der Waals surface area contributed by atoms with E-state index in [1.54, 1.807) is 12.1 Å². The van der Waals surface area contributed by atoms with Gasteiger partial charge in [-0.05, 0) is 48.0 Å². The maximum Gasteiger partial charge on any atom is 0.433 e. The Hall–Kier alpha value is -3.52. The van der Waals surface area contributed by atoms with E-state index in [0.717, 1.165) is 0 Å². The predicted molar refractivity (Wildman–Crippen MR) is 138 cm³/mol. The number of aromatic amines is 1. The number of alkyl halides is 3. The summed E-state index contributed by atoms with van der Waals surface area (Å²) in [6.45, 7) is 0.590. The van der Waals surface area contributed by atoms with Crippen molar-refractivity contribution in [2.75, 3.05) is 30.2 Å². The second-order valence-corrected chi connectivity index (χ2v) is 10.4. The van der Waals surface area contributed by atoms with Crippen molar-refractivity contribution in [2.24, 2.45) is 0 Å². The third kappa shape index (κ3) is 6.48. The summed E-state index contributed by atoms with van der Waals surface area (Å²) in [4.78, 5) is -0.0339. The number of H-pyrrole nitrogens is 1. The number of nitrogen functional groups attached to an aromatic ring is 1. The minimum absolute atomic E-state index is 0.0339. The van der Waals surface area contributed by atoms with Gasteiger partial charge in [0.25, 0.3) is 10.0 Å². The van der Waals surface area contributed by atoms with E-state index in [2.05, 4.69) is 15.1 Å². The summed E-state index contributed by atoms with van der Waals surface area (Å²) in [6, 6.07) is 14.4. The maximum absolute atomic E-state index is 13.0. The number of nitrogens with two attached hydrogens (primary N) is 1. The molecule has 9 nitrogen and oxygen atoms in total. The first-order valence-electron chi connectivity index (χ1n) is 11.2. The average Bonchev–Trinajstić information content (AvgIpc) is 3.29. The summed E-state index contributed by atoms with van der Waals surface area (Å²) in [5, 5.41) is 19.3. The molecule has 6 N–H and O–H groups in total. The molecule has 38 heavy (non-hydrogen) atoms. The highest BCUT2D eigenvalue weighted by Crippen LogP contribution is 2.34. The Bertz CT molecular complexity index is 1550. The molecule has 14 heteroatoms. The van der Waals surface area contributed by atoms with Crippen molar-refractivity contribution in [3.63, 3.8) is 0 Å². The fourth-order valence-corrected chi connectivity index (χ4v) is 4.96. The number of anilines is 2. The Balaban J connectivity index is 1.30. The molecule has 202 valence electrons. The second kappa shape index (κ2) is 11.1. The van der Waals surface area contributed by atoms with Crippen LogP contribution in [0.3, 0.4) is 0 Å². The summed E-state index contributed by atoms with van der Waals surface area (Å²) < 4.78 is 72.2. The van der Waals surface area contributed by atoms with Gasteiger partial charge in [-0.2, -0.15) is 18.3 Å². The highest BCUT2D eigenvalue weighted by atomic mass is 35.5. The van der Waals surface area contributed by atoms with E-state index in [1.165, 1.54) is 48.5 Å². The van der Waals surface area contributed by atoms with Crippen LogP contribution in [0.5, 0.6) is 5.75 Å². The van der Waals surface area contributed by atoms with Gasteiger partial charge in [0.1, 0.15) is 18.1 Å². The van der Waals surface area contributed by atoms with Crippen molar-refractivity contribution >= 4 is 43.9 Å². The molecule has 1 atom stereocenters. The Morgan fingerprint density at radius 1 is 1.13 bits per heavy atom. The fraction of sp³-hybridized carbons (Fsp3) is 0.208. The molecule has 0 saturated heterocycles. The van der Waals surface area contributed by atoms with Gasteiger partial charge < -0.3 is 20.9 Å². The van der Waals surface area contributed by atoms with E-state index in [4.69, 9.17) is 22.1 Å². The lowest BCUT2D eigenvalue weighted by Gasteiger charge is -2.16. The van der Waals surface area contributed by atoms with E-state index >= 15 is 0 Å². The van der Waals surface area contributed by atoms with Gasteiger partial charge in [0.2, 0.25) is 0 Å². The van der Waals surface area contributed by atoms with Gasteiger partial charge in [-0.25, -0.2) is 8.42 Å². The van der Waals surface area contributed by atoms with Crippen LogP contribution in [0.1, 0.15) is 17.4 Å². The quantitative estimate of drug-likeness (QED) is 0.141. The van der Waals surface area contributed by atoms with Crippen LogP contribution in [0.15, 0.2) is 65.6 Å². The van der Waals surface area contributed by atoms with Crippen LogP contribution in [0.4, 0.5) is 24.5 Å². The summed E-state index contributed by atoms with van der Waals surface area (Å²) in [6.07, 6.45) is -5.53. The molecule has 0 amide bonds. The van der Waals surface area contributed by atoms with Crippen molar-refractivity contribution in [1.82, 2.24) is 15.5 Å². The van der Waals surface area contributed by atoms with Gasteiger partial charge in [-0.15, -0.1) is 0 Å². The number of ether oxygens (including phenoxy) is 1. The Morgan fingerprint density at radius 2 is 1.92 bits per heavy atom. The van der Waals surface area contributed by atoms with Crippen LogP contribution >= 0.6 is 11.6 Å². The average molecular weight is 570 g/mol. The lowest BCUT2D eigenvalue weighted by atomic mass is 10.1. The molecule has 1 unspecified atom stereocenters. The number of sulfonamides is 1. The molecule has 0 saturated carbocycles. The highest BCUT2D eigenvalue weighted by Gasteiger charge is 2.35.